The van der Waals surface area contributed by atoms with E-state index in [9.17, 15) is 9.59 Å². The third-order valence-electron chi connectivity index (χ3n) is 4.38. The second-order valence-corrected chi connectivity index (χ2v) is 7.18. The zero-order chi connectivity index (χ0) is 21.3. The van der Waals surface area contributed by atoms with Gasteiger partial charge in [-0.3, -0.25) is 4.79 Å². The van der Waals surface area contributed by atoms with E-state index < -0.39 is 5.97 Å². The molecule has 2 aromatic carbocycles. The first-order valence-corrected chi connectivity index (χ1v) is 9.56. The van der Waals surface area contributed by atoms with Crippen molar-refractivity contribution in [2.75, 3.05) is 7.11 Å². The Morgan fingerprint density at radius 3 is 2.63 bits per heavy atom. The summed E-state index contributed by atoms with van der Waals surface area (Å²) in [5.41, 5.74) is 1.10. The first-order valence-electron chi connectivity index (χ1n) is 8.80. The number of nitrogens with zero attached hydrogens (tertiary/aromatic N) is 1. The number of halogens is 2. The maximum atomic E-state index is 12.4. The number of ether oxygens (including phenoxy) is 1. The van der Waals surface area contributed by atoms with Crippen LogP contribution in [0.25, 0.3) is 33.3 Å². The Morgan fingerprint density at radius 1 is 1.13 bits per heavy atom. The Hall–Kier alpha value is -3.35. The summed E-state index contributed by atoms with van der Waals surface area (Å²) in [5.74, 6) is 0.759. The van der Waals surface area contributed by atoms with Gasteiger partial charge in [0.05, 0.1) is 28.6 Å². The van der Waals surface area contributed by atoms with Crippen molar-refractivity contribution >= 4 is 51.2 Å². The number of carbonyl (C=O) groups excluding carboxylic acids is 1. The molecule has 0 fully saturated rings. The standard InChI is InChI=1S/C22H14Cl2N2O4/c1-29-22(28)13-4-8-16-18(10-13)25-20(26-21(16)27)17(24)11-15-7-9-19(30-15)12-2-5-14(23)6-3-12/h2-11H,1H3,(H,25,26,27)/b17-11-. The van der Waals surface area contributed by atoms with Crippen LogP contribution in [0, 0.1) is 0 Å². The summed E-state index contributed by atoms with van der Waals surface area (Å²) >= 11 is 12.3. The highest BCUT2D eigenvalue weighted by molar-refractivity contribution is 6.50. The van der Waals surface area contributed by atoms with Gasteiger partial charge in [-0.15, -0.1) is 0 Å². The molecule has 0 atom stereocenters. The third kappa shape index (κ3) is 4.01. The average Bonchev–Trinajstić information content (AvgIpc) is 3.21. The number of hydrogen-bond acceptors (Lipinski definition) is 5. The predicted molar refractivity (Wildman–Crippen MR) is 117 cm³/mol. The van der Waals surface area contributed by atoms with E-state index in [0.717, 1.165) is 5.56 Å². The molecule has 0 saturated heterocycles. The van der Waals surface area contributed by atoms with Crippen molar-refractivity contribution in [1.82, 2.24) is 9.97 Å². The topological polar surface area (TPSA) is 85.2 Å². The number of esters is 1. The van der Waals surface area contributed by atoms with Gasteiger partial charge in [-0.2, -0.15) is 0 Å². The molecule has 0 saturated carbocycles. The van der Waals surface area contributed by atoms with Crippen molar-refractivity contribution in [2.45, 2.75) is 0 Å². The van der Waals surface area contributed by atoms with E-state index in [2.05, 4.69) is 9.97 Å². The lowest BCUT2D eigenvalue weighted by molar-refractivity contribution is 0.0601. The summed E-state index contributed by atoms with van der Waals surface area (Å²) in [7, 11) is 1.28. The largest absolute Gasteiger partial charge is 0.465 e. The zero-order valence-electron chi connectivity index (χ0n) is 15.6. The monoisotopic (exact) mass is 440 g/mol. The van der Waals surface area contributed by atoms with Gasteiger partial charge < -0.3 is 14.1 Å². The van der Waals surface area contributed by atoms with Crippen molar-refractivity contribution in [3.8, 4) is 11.3 Å². The first kappa shape index (κ1) is 19.9. The first-order chi connectivity index (χ1) is 14.4. The van der Waals surface area contributed by atoms with Crippen LogP contribution in [0.1, 0.15) is 21.9 Å². The Kier molecular flexibility index (Phi) is 5.44. The highest BCUT2D eigenvalue weighted by Gasteiger charge is 2.12. The molecule has 6 nitrogen and oxygen atoms in total. The number of aromatic nitrogens is 2. The molecule has 0 unspecified atom stereocenters. The predicted octanol–water partition coefficient (Wildman–Crippen LogP) is 5.36. The molecular formula is C22H14Cl2N2O4. The fraction of sp³-hybridized carbons (Fsp3) is 0.0455. The normalized spacial score (nSPS) is 11.6. The summed E-state index contributed by atoms with van der Waals surface area (Å²) < 4.78 is 10.5. The van der Waals surface area contributed by atoms with Crippen LogP contribution >= 0.6 is 23.2 Å². The van der Waals surface area contributed by atoms with Crippen molar-refractivity contribution in [1.29, 1.82) is 0 Å². The summed E-state index contributed by atoms with van der Waals surface area (Å²) in [6.07, 6.45) is 1.55. The summed E-state index contributed by atoms with van der Waals surface area (Å²) in [4.78, 5) is 31.1. The van der Waals surface area contributed by atoms with E-state index in [1.54, 1.807) is 30.3 Å². The lowest BCUT2D eigenvalue weighted by Gasteiger charge is -2.04. The van der Waals surface area contributed by atoms with Crippen LogP contribution in [0.4, 0.5) is 0 Å². The fourth-order valence-electron chi connectivity index (χ4n) is 2.89. The Balaban J connectivity index is 1.69. The molecule has 8 heteroatoms. The van der Waals surface area contributed by atoms with Crippen molar-refractivity contribution < 1.29 is 13.9 Å². The van der Waals surface area contributed by atoms with Crippen molar-refractivity contribution in [3.63, 3.8) is 0 Å². The SMILES string of the molecule is COC(=O)c1ccc2c(=O)[nH]c(/C(Cl)=C/c3ccc(-c4ccc(Cl)cc4)o3)nc2c1. The highest BCUT2D eigenvalue weighted by atomic mass is 35.5. The van der Waals surface area contributed by atoms with Gasteiger partial charge in [0.25, 0.3) is 5.56 Å². The molecular weight excluding hydrogens is 427 g/mol. The summed E-state index contributed by atoms with van der Waals surface area (Å²) in [6.45, 7) is 0. The van der Waals surface area contributed by atoms with E-state index in [1.165, 1.54) is 25.3 Å². The molecule has 2 heterocycles. The number of benzene rings is 2. The molecule has 150 valence electrons. The van der Waals surface area contributed by atoms with E-state index in [-0.39, 0.29) is 22.0 Å². The number of furan rings is 1. The zero-order valence-corrected chi connectivity index (χ0v) is 17.1. The quantitative estimate of drug-likeness (QED) is 0.431. The molecule has 4 rings (SSSR count). The number of rotatable bonds is 4. The van der Waals surface area contributed by atoms with Gasteiger partial charge in [0, 0.05) is 16.7 Å². The molecule has 4 aromatic rings. The minimum atomic E-state index is -0.521. The maximum Gasteiger partial charge on any atom is 0.337 e. The molecule has 0 amide bonds. The Labute approximate surface area is 180 Å². The van der Waals surface area contributed by atoms with Gasteiger partial charge in [-0.25, -0.2) is 9.78 Å². The smallest absolute Gasteiger partial charge is 0.337 e. The molecule has 2 aromatic heterocycles. The van der Waals surface area contributed by atoms with Crippen LogP contribution in [0.3, 0.4) is 0 Å². The highest BCUT2D eigenvalue weighted by Crippen LogP contribution is 2.27. The van der Waals surface area contributed by atoms with Gasteiger partial charge in [0.2, 0.25) is 0 Å². The second-order valence-electron chi connectivity index (χ2n) is 6.34. The minimum absolute atomic E-state index is 0.153. The van der Waals surface area contributed by atoms with E-state index in [4.69, 9.17) is 32.4 Å². The summed E-state index contributed by atoms with van der Waals surface area (Å²) in [6, 6.07) is 15.3. The molecule has 0 bridgehead atoms. The van der Waals surface area contributed by atoms with Gasteiger partial charge in [0.1, 0.15) is 11.5 Å². The number of fused-ring (bicyclic) bond motifs is 1. The number of carbonyl (C=O) groups is 1. The van der Waals surface area contributed by atoms with Gasteiger partial charge in [-0.05, 0) is 54.6 Å². The van der Waals surface area contributed by atoms with Crippen LogP contribution < -0.4 is 5.56 Å². The summed E-state index contributed by atoms with van der Waals surface area (Å²) in [5, 5.41) is 1.14. The van der Waals surface area contributed by atoms with Crippen LogP contribution in [0.5, 0.6) is 0 Å². The molecule has 0 aliphatic rings. The van der Waals surface area contributed by atoms with Crippen LogP contribution in [0.2, 0.25) is 5.02 Å². The second kappa shape index (κ2) is 8.18. The molecule has 30 heavy (non-hydrogen) atoms. The average molecular weight is 441 g/mol. The van der Waals surface area contributed by atoms with E-state index >= 15 is 0 Å². The Bertz CT molecular complexity index is 1340. The van der Waals surface area contributed by atoms with Gasteiger partial charge in [-0.1, -0.05) is 23.2 Å². The maximum absolute atomic E-state index is 12.4. The van der Waals surface area contributed by atoms with Crippen LogP contribution in [-0.4, -0.2) is 23.0 Å². The van der Waals surface area contributed by atoms with Crippen molar-refractivity contribution in [2.24, 2.45) is 0 Å². The van der Waals surface area contributed by atoms with Crippen LogP contribution in [-0.2, 0) is 4.74 Å². The van der Waals surface area contributed by atoms with Gasteiger partial charge in [0.15, 0.2) is 5.82 Å². The lowest BCUT2D eigenvalue weighted by atomic mass is 10.1. The van der Waals surface area contributed by atoms with Gasteiger partial charge >= 0.3 is 5.97 Å². The van der Waals surface area contributed by atoms with E-state index in [0.29, 0.717) is 27.4 Å². The molecule has 0 radical (unpaired) electrons. The number of methoxy groups -OCH3 is 1. The molecule has 0 spiro atoms. The van der Waals surface area contributed by atoms with Crippen molar-refractivity contribution in [3.05, 3.63) is 87.1 Å². The number of H-pyrrole nitrogens is 1. The fourth-order valence-corrected chi connectivity index (χ4v) is 3.21. The number of nitrogens with one attached hydrogen (secondary N) is 1. The molecule has 1 N–H and O–H groups in total. The van der Waals surface area contributed by atoms with E-state index in [1.807, 2.05) is 12.1 Å². The lowest BCUT2D eigenvalue weighted by Crippen LogP contribution is -2.11. The number of aromatic amines is 1. The number of hydrogen-bond donors (Lipinski definition) is 1. The minimum Gasteiger partial charge on any atom is -0.465 e. The molecule has 0 aliphatic carbocycles. The van der Waals surface area contributed by atoms with Crippen LogP contribution in [0.15, 0.2) is 63.8 Å². The Morgan fingerprint density at radius 2 is 1.90 bits per heavy atom. The third-order valence-corrected chi connectivity index (χ3v) is 4.92. The molecule has 0 aliphatic heterocycles.